The van der Waals surface area contributed by atoms with Gasteiger partial charge in [0, 0.05) is 17.7 Å². The Kier molecular flexibility index (Phi) is 3.80. The summed E-state index contributed by atoms with van der Waals surface area (Å²) in [5, 5.41) is 6.44. The van der Waals surface area contributed by atoms with Gasteiger partial charge in [0.1, 0.15) is 5.76 Å². The van der Waals surface area contributed by atoms with Gasteiger partial charge in [-0.2, -0.15) is 0 Å². The molecular formula is C17H20N2O2. The zero-order valence-corrected chi connectivity index (χ0v) is 12.4. The van der Waals surface area contributed by atoms with Crippen molar-refractivity contribution in [1.82, 2.24) is 5.32 Å². The summed E-state index contributed by atoms with van der Waals surface area (Å²) in [5.41, 5.74) is 4.51. The van der Waals surface area contributed by atoms with Crippen molar-refractivity contribution in [3.8, 4) is 0 Å². The predicted octanol–water partition coefficient (Wildman–Crippen LogP) is 3.17. The smallest absolute Gasteiger partial charge is 0.224 e. The molecule has 4 nitrogen and oxygen atoms in total. The Morgan fingerprint density at radius 1 is 1.33 bits per heavy atom. The highest BCUT2D eigenvalue weighted by Gasteiger charge is 2.20. The Labute approximate surface area is 124 Å². The number of amides is 1. The van der Waals surface area contributed by atoms with Crippen LogP contribution in [0.2, 0.25) is 0 Å². The van der Waals surface area contributed by atoms with Crippen molar-refractivity contribution in [2.45, 2.75) is 32.7 Å². The zero-order valence-electron chi connectivity index (χ0n) is 12.4. The Morgan fingerprint density at radius 2 is 2.19 bits per heavy atom. The summed E-state index contributed by atoms with van der Waals surface area (Å²) >= 11 is 0. The number of anilines is 1. The van der Waals surface area contributed by atoms with Crippen LogP contribution < -0.4 is 10.6 Å². The van der Waals surface area contributed by atoms with E-state index in [-0.39, 0.29) is 11.9 Å². The van der Waals surface area contributed by atoms with Crippen LogP contribution in [0.3, 0.4) is 0 Å². The van der Waals surface area contributed by atoms with E-state index in [1.165, 1.54) is 11.1 Å². The highest BCUT2D eigenvalue weighted by molar-refractivity contribution is 5.93. The molecule has 0 radical (unpaired) electrons. The van der Waals surface area contributed by atoms with Crippen LogP contribution in [0.5, 0.6) is 0 Å². The molecule has 1 aromatic heterocycles. The summed E-state index contributed by atoms with van der Waals surface area (Å²) in [6.07, 6.45) is 3.10. The largest absolute Gasteiger partial charge is 0.469 e. The van der Waals surface area contributed by atoms with Gasteiger partial charge in [0.15, 0.2) is 0 Å². The average Bonchev–Trinajstić information content (AvgIpc) is 2.90. The van der Waals surface area contributed by atoms with Crippen molar-refractivity contribution in [3.05, 3.63) is 53.0 Å². The Bertz CT molecular complexity index is 661. The third kappa shape index (κ3) is 2.72. The third-order valence-electron chi connectivity index (χ3n) is 3.98. The van der Waals surface area contributed by atoms with E-state index in [1.807, 2.05) is 19.1 Å². The van der Waals surface area contributed by atoms with E-state index in [0.29, 0.717) is 6.42 Å². The number of nitrogens with one attached hydrogen (secondary N) is 2. The summed E-state index contributed by atoms with van der Waals surface area (Å²) < 4.78 is 5.44. The molecule has 0 aliphatic carbocycles. The molecule has 1 aliphatic rings. The summed E-state index contributed by atoms with van der Waals surface area (Å²) in [4.78, 5) is 11.4. The SMILES string of the molecule is CCNC(c1ccc2c(c1)CCC(=O)N2)c1ccoc1C. The van der Waals surface area contributed by atoms with Gasteiger partial charge in [0.25, 0.3) is 0 Å². The number of carbonyl (C=O) groups is 1. The van der Waals surface area contributed by atoms with Gasteiger partial charge in [-0.1, -0.05) is 19.1 Å². The van der Waals surface area contributed by atoms with Crippen molar-refractivity contribution in [1.29, 1.82) is 0 Å². The van der Waals surface area contributed by atoms with Gasteiger partial charge in [-0.05, 0) is 43.1 Å². The van der Waals surface area contributed by atoms with Crippen LogP contribution in [0.4, 0.5) is 5.69 Å². The summed E-state index contributed by atoms with van der Waals surface area (Å²) in [5.74, 6) is 1.04. The minimum absolute atomic E-state index is 0.101. The maximum Gasteiger partial charge on any atom is 0.224 e. The number of hydrogen-bond acceptors (Lipinski definition) is 3. The lowest BCUT2D eigenvalue weighted by Crippen LogP contribution is -2.23. The molecule has 0 fully saturated rings. The summed E-state index contributed by atoms with van der Waals surface area (Å²) in [6, 6.07) is 8.40. The van der Waals surface area contributed by atoms with Crippen molar-refractivity contribution in [2.75, 3.05) is 11.9 Å². The predicted molar refractivity (Wildman–Crippen MR) is 82.4 cm³/mol. The molecule has 3 rings (SSSR count). The van der Waals surface area contributed by atoms with Crippen LogP contribution in [0.1, 0.15) is 41.8 Å². The molecule has 2 N–H and O–H groups in total. The topological polar surface area (TPSA) is 54.3 Å². The highest BCUT2D eigenvalue weighted by Crippen LogP contribution is 2.30. The monoisotopic (exact) mass is 284 g/mol. The molecular weight excluding hydrogens is 264 g/mol. The Hall–Kier alpha value is -2.07. The van der Waals surface area contributed by atoms with E-state index >= 15 is 0 Å². The number of aryl methyl sites for hydroxylation is 2. The van der Waals surface area contributed by atoms with E-state index < -0.39 is 0 Å². The third-order valence-corrected chi connectivity index (χ3v) is 3.98. The van der Waals surface area contributed by atoms with Gasteiger partial charge in [-0.3, -0.25) is 4.79 Å². The molecule has 110 valence electrons. The van der Waals surface area contributed by atoms with Crippen molar-refractivity contribution >= 4 is 11.6 Å². The molecule has 2 aromatic rings. The van der Waals surface area contributed by atoms with E-state index in [1.54, 1.807) is 6.26 Å². The molecule has 1 unspecified atom stereocenters. The number of hydrogen-bond donors (Lipinski definition) is 2. The summed E-state index contributed by atoms with van der Waals surface area (Å²) in [7, 11) is 0. The van der Waals surface area contributed by atoms with E-state index in [2.05, 4.69) is 29.7 Å². The molecule has 0 saturated heterocycles. The number of benzene rings is 1. The van der Waals surface area contributed by atoms with Crippen LogP contribution >= 0.6 is 0 Å². The molecule has 21 heavy (non-hydrogen) atoms. The molecule has 0 spiro atoms. The van der Waals surface area contributed by atoms with Crippen LogP contribution in [0.25, 0.3) is 0 Å². The van der Waals surface area contributed by atoms with E-state index in [4.69, 9.17) is 4.42 Å². The van der Waals surface area contributed by atoms with Crippen molar-refractivity contribution in [3.63, 3.8) is 0 Å². The lowest BCUT2D eigenvalue weighted by Gasteiger charge is -2.22. The average molecular weight is 284 g/mol. The molecule has 0 bridgehead atoms. The fourth-order valence-corrected chi connectivity index (χ4v) is 2.89. The quantitative estimate of drug-likeness (QED) is 0.906. The van der Waals surface area contributed by atoms with Gasteiger partial charge in [-0.15, -0.1) is 0 Å². The van der Waals surface area contributed by atoms with Gasteiger partial charge in [0.2, 0.25) is 5.91 Å². The number of fused-ring (bicyclic) bond motifs is 1. The molecule has 2 heterocycles. The number of rotatable bonds is 4. The highest BCUT2D eigenvalue weighted by atomic mass is 16.3. The lowest BCUT2D eigenvalue weighted by molar-refractivity contribution is -0.116. The zero-order chi connectivity index (χ0) is 14.8. The second-order valence-electron chi connectivity index (χ2n) is 5.39. The second-order valence-corrected chi connectivity index (χ2v) is 5.39. The Balaban J connectivity index is 1.97. The fraction of sp³-hybridized carbons (Fsp3) is 0.353. The molecule has 1 aliphatic heterocycles. The minimum atomic E-state index is 0.101. The van der Waals surface area contributed by atoms with Gasteiger partial charge >= 0.3 is 0 Å². The normalized spacial score (nSPS) is 15.4. The first-order valence-corrected chi connectivity index (χ1v) is 7.39. The van der Waals surface area contributed by atoms with Crippen molar-refractivity contribution in [2.24, 2.45) is 0 Å². The van der Waals surface area contributed by atoms with Gasteiger partial charge in [-0.25, -0.2) is 0 Å². The molecule has 1 aromatic carbocycles. The first-order chi connectivity index (χ1) is 10.2. The first kappa shape index (κ1) is 13.9. The maximum atomic E-state index is 11.4. The number of carbonyl (C=O) groups excluding carboxylic acids is 1. The van der Waals surface area contributed by atoms with Crippen LogP contribution in [0, 0.1) is 6.92 Å². The van der Waals surface area contributed by atoms with Crippen molar-refractivity contribution < 1.29 is 9.21 Å². The fourth-order valence-electron chi connectivity index (χ4n) is 2.89. The Morgan fingerprint density at radius 3 is 2.90 bits per heavy atom. The summed E-state index contributed by atoms with van der Waals surface area (Å²) in [6.45, 7) is 4.96. The van der Waals surface area contributed by atoms with Crippen LogP contribution in [0.15, 0.2) is 34.9 Å². The van der Waals surface area contributed by atoms with Gasteiger partial charge in [0.05, 0.1) is 12.3 Å². The molecule has 4 heteroatoms. The maximum absolute atomic E-state index is 11.4. The first-order valence-electron chi connectivity index (χ1n) is 7.39. The number of furan rings is 1. The van der Waals surface area contributed by atoms with Gasteiger partial charge < -0.3 is 15.1 Å². The van der Waals surface area contributed by atoms with E-state index in [9.17, 15) is 4.79 Å². The molecule has 1 amide bonds. The minimum Gasteiger partial charge on any atom is -0.469 e. The molecule has 1 atom stereocenters. The second kappa shape index (κ2) is 5.74. The van der Waals surface area contributed by atoms with Crippen LogP contribution in [-0.2, 0) is 11.2 Å². The lowest BCUT2D eigenvalue weighted by atomic mass is 9.94. The molecule has 0 saturated carbocycles. The standard InChI is InChI=1S/C17H20N2O2/c1-3-18-17(14-8-9-21-11(14)2)13-4-6-15-12(10-13)5-7-16(20)19-15/h4,6,8-10,17-18H,3,5,7H2,1-2H3,(H,19,20). The van der Waals surface area contributed by atoms with E-state index in [0.717, 1.165) is 30.0 Å². The van der Waals surface area contributed by atoms with Crippen LogP contribution in [-0.4, -0.2) is 12.5 Å².